The van der Waals surface area contributed by atoms with Crippen molar-refractivity contribution < 1.29 is 9.53 Å². The Balaban J connectivity index is 1.90. The fourth-order valence-electron chi connectivity index (χ4n) is 1.50. The second kappa shape index (κ2) is 6.58. The first-order valence-electron chi connectivity index (χ1n) is 5.60. The highest BCUT2D eigenvalue weighted by Gasteiger charge is 2.05. The number of rotatable bonds is 4. The molecule has 2 amide bonds. The van der Waals surface area contributed by atoms with Crippen molar-refractivity contribution >= 4 is 39.0 Å². The molecule has 6 heteroatoms. The summed E-state index contributed by atoms with van der Waals surface area (Å²) in [5.41, 5.74) is 0.705. The topological polar surface area (TPSA) is 50.4 Å². The zero-order valence-electron chi connectivity index (χ0n) is 10.3. The van der Waals surface area contributed by atoms with Crippen LogP contribution in [-0.2, 0) is 6.54 Å². The highest BCUT2D eigenvalue weighted by atomic mass is 79.9. The Morgan fingerprint density at radius 3 is 2.89 bits per heavy atom. The summed E-state index contributed by atoms with van der Waals surface area (Å²) in [5, 5.41) is 7.54. The number of amides is 2. The second-order valence-corrected chi connectivity index (χ2v) is 5.62. The number of urea groups is 1. The van der Waals surface area contributed by atoms with Gasteiger partial charge in [0.25, 0.3) is 0 Å². The van der Waals surface area contributed by atoms with E-state index < -0.39 is 0 Å². The molecule has 0 spiro atoms. The van der Waals surface area contributed by atoms with E-state index in [2.05, 4.69) is 26.6 Å². The Bertz CT molecular complexity index is 558. The molecule has 2 rings (SSSR count). The van der Waals surface area contributed by atoms with Crippen molar-refractivity contribution in [3.05, 3.63) is 45.1 Å². The van der Waals surface area contributed by atoms with Crippen LogP contribution in [-0.4, -0.2) is 13.1 Å². The number of benzene rings is 1. The van der Waals surface area contributed by atoms with Gasteiger partial charge in [0.1, 0.15) is 5.75 Å². The van der Waals surface area contributed by atoms with E-state index in [1.54, 1.807) is 36.6 Å². The summed E-state index contributed by atoms with van der Waals surface area (Å²) in [5.74, 6) is 0.726. The van der Waals surface area contributed by atoms with Crippen molar-refractivity contribution in [2.24, 2.45) is 0 Å². The van der Waals surface area contributed by atoms with Crippen LogP contribution in [0.15, 0.2) is 40.2 Å². The first kappa shape index (κ1) is 13.9. The third kappa shape index (κ3) is 3.97. The molecule has 1 aromatic carbocycles. The highest BCUT2D eigenvalue weighted by Crippen LogP contribution is 2.27. The largest absolute Gasteiger partial charge is 0.496 e. The third-order valence-corrected chi connectivity index (χ3v) is 3.91. The number of hydrogen-bond acceptors (Lipinski definition) is 3. The van der Waals surface area contributed by atoms with Crippen LogP contribution in [0.2, 0.25) is 0 Å². The summed E-state index contributed by atoms with van der Waals surface area (Å²) in [6.07, 6.45) is 0. The van der Waals surface area contributed by atoms with Crippen molar-refractivity contribution in [3.8, 4) is 5.75 Å². The molecule has 0 fully saturated rings. The van der Waals surface area contributed by atoms with Crippen LogP contribution in [0, 0.1) is 0 Å². The van der Waals surface area contributed by atoms with Crippen LogP contribution in [0.4, 0.5) is 10.5 Å². The maximum absolute atomic E-state index is 11.7. The van der Waals surface area contributed by atoms with Crippen LogP contribution in [0.25, 0.3) is 0 Å². The predicted octanol–water partition coefficient (Wildman–Crippen LogP) is 3.84. The molecule has 0 bridgehead atoms. The number of halogens is 1. The van der Waals surface area contributed by atoms with Crippen molar-refractivity contribution in [3.63, 3.8) is 0 Å². The molecule has 0 aliphatic rings. The van der Waals surface area contributed by atoms with Crippen LogP contribution in [0.3, 0.4) is 0 Å². The van der Waals surface area contributed by atoms with Gasteiger partial charge in [-0.15, -0.1) is 11.3 Å². The Morgan fingerprint density at radius 1 is 1.42 bits per heavy atom. The summed E-state index contributed by atoms with van der Waals surface area (Å²) in [6.45, 7) is 0.529. The lowest BCUT2D eigenvalue weighted by Gasteiger charge is -2.09. The average Bonchev–Trinajstić information content (AvgIpc) is 2.90. The fourth-order valence-corrected chi connectivity index (χ4v) is 2.69. The van der Waals surface area contributed by atoms with Crippen molar-refractivity contribution in [2.75, 3.05) is 12.4 Å². The predicted molar refractivity (Wildman–Crippen MR) is 80.9 cm³/mol. The van der Waals surface area contributed by atoms with Gasteiger partial charge in [-0.3, -0.25) is 0 Å². The van der Waals surface area contributed by atoms with E-state index in [9.17, 15) is 4.79 Å². The van der Waals surface area contributed by atoms with E-state index in [0.717, 1.165) is 15.1 Å². The van der Waals surface area contributed by atoms with Gasteiger partial charge in [-0.1, -0.05) is 6.07 Å². The highest BCUT2D eigenvalue weighted by molar-refractivity contribution is 9.10. The van der Waals surface area contributed by atoms with Gasteiger partial charge < -0.3 is 15.4 Å². The van der Waals surface area contributed by atoms with E-state index >= 15 is 0 Å². The first-order chi connectivity index (χ1) is 9.19. The van der Waals surface area contributed by atoms with Gasteiger partial charge >= 0.3 is 6.03 Å². The summed E-state index contributed by atoms with van der Waals surface area (Å²) < 4.78 is 5.92. The molecule has 0 unspecified atom stereocenters. The number of carbonyl (C=O) groups is 1. The molecular formula is C13H13BrN2O2S. The minimum atomic E-state index is -0.231. The van der Waals surface area contributed by atoms with Gasteiger partial charge in [-0.25, -0.2) is 4.79 Å². The maximum Gasteiger partial charge on any atom is 0.319 e. The molecule has 100 valence electrons. The van der Waals surface area contributed by atoms with E-state index in [-0.39, 0.29) is 6.03 Å². The number of anilines is 1. The Hall–Kier alpha value is -1.53. The number of hydrogen-bond donors (Lipinski definition) is 2. The monoisotopic (exact) mass is 340 g/mol. The lowest BCUT2D eigenvalue weighted by atomic mass is 10.3. The van der Waals surface area contributed by atoms with Crippen molar-refractivity contribution in [1.29, 1.82) is 0 Å². The molecular weight excluding hydrogens is 328 g/mol. The summed E-state index contributed by atoms with van der Waals surface area (Å²) >= 11 is 4.98. The van der Waals surface area contributed by atoms with Gasteiger partial charge in [0.15, 0.2) is 0 Å². The second-order valence-electron chi connectivity index (χ2n) is 3.74. The third-order valence-electron chi connectivity index (χ3n) is 2.41. The zero-order chi connectivity index (χ0) is 13.7. The molecule has 2 aromatic rings. The van der Waals surface area contributed by atoms with Crippen LogP contribution in [0.1, 0.15) is 4.88 Å². The van der Waals surface area contributed by atoms with Gasteiger partial charge in [0.2, 0.25) is 0 Å². The van der Waals surface area contributed by atoms with Gasteiger partial charge in [0, 0.05) is 10.6 Å². The van der Waals surface area contributed by atoms with Crippen LogP contribution >= 0.6 is 27.3 Å². The average molecular weight is 341 g/mol. The summed E-state index contributed by atoms with van der Waals surface area (Å²) in [7, 11) is 1.60. The van der Waals surface area contributed by atoms with E-state index in [1.165, 1.54) is 0 Å². The molecule has 0 atom stereocenters. The van der Waals surface area contributed by atoms with Gasteiger partial charge in [-0.05, 0) is 45.6 Å². The maximum atomic E-state index is 11.7. The molecule has 0 aliphatic carbocycles. The quantitative estimate of drug-likeness (QED) is 0.888. The molecule has 1 aromatic heterocycles. The van der Waals surface area contributed by atoms with Gasteiger partial charge in [-0.2, -0.15) is 0 Å². The van der Waals surface area contributed by atoms with Crippen molar-refractivity contribution in [1.82, 2.24) is 5.32 Å². The molecule has 0 radical (unpaired) electrons. The smallest absolute Gasteiger partial charge is 0.319 e. The number of carbonyl (C=O) groups excluding carboxylic acids is 1. The molecule has 0 saturated carbocycles. The van der Waals surface area contributed by atoms with E-state index in [0.29, 0.717) is 12.2 Å². The minimum Gasteiger partial charge on any atom is -0.496 e. The lowest BCUT2D eigenvalue weighted by molar-refractivity contribution is 0.252. The number of methoxy groups -OCH3 is 1. The first-order valence-corrected chi connectivity index (χ1v) is 7.27. The normalized spacial score (nSPS) is 10.0. The number of ether oxygens (including phenoxy) is 1. The van der Waals surface area contributed by atoms with Crippen LogP contribution in [0.5, 0.6) is 5.75 Å². The number of thiophene rings is 1. The number of nitrogens with one attached hydrogen (secondary N) is 2. The van der Waals surface area contributed by atoms with Crippen LogP contribution < -0.4 is 15.4 Å². The molecule has 0 aliphatic heterocycles. The molecule has 19 heavy (non-hydrogen) atoms. The Morgan fingerprint density at radius 2 is 2.26 bits per heavy atom. The fraction of sp³-hybridized carbons (Fsp3) is 0.154. The van der Waals surface area contributed by atoms with Crippen molar-refractivity contribution in [2.45, 2.75) is 6.54 Å². The molecule has 2 N–H and O–H groups in total. The zero-order valence-corrected chi connectivity index (χ0v) is 12.7. The molecule has 0 saturated heterocycles. The lowest BCUT2D eigenvalue weighted by Crippen LogP contribution is -2.27. The molecule has 4 nitrogen and oxygen atoms in total. The summed E-state index contributed by atoms with van der Waals surface area (Å²) in [6, 6.07) is 9.08. The van der Waals surface area contributed by atoms with E-state index in [4.69, 9.17) is 4.74 Å². The standard InChI is InChI=1S/C13H13BrN2O2S/c1-18-12-5-4-9(7-11(12)14)16-13(17)15-8-10-3-2-6-19-10/h2-7H,8H2,1H3,(H2,15,16,17). The Kier molecular flexibility index (Phi) is 4.81. The summed E-state index contributed by atoms with van der Waals surface area (Å²) in [4.78, 5) is 12.8. The van der Waals surface area contributed by atoms with E-state index in [1.807, 2.05) is 17.5 Å². The Labute approximate surface area is 123 Å². The van der Waals surface area contributed by atoms with Gasteiger partial charge in [0.05, 0.1) is 18.1 Å². The minimum absolute atomic E-state index is 0.231. The SMILES string of the molecule is COc1ccc(NC(=O)NCc2cccs2)cc1Br. The molecule has 1 heterocycles.